The number of nitrogens with zero attached hydrogens (tertiary/aromatic N) is 1. The molecular formula is C12H10F3NOS2. The third-order valence-corrected chi connectivity index (χ3v) is 4.67. The number of rotatable bonds is 4. The fourth-order valence-electron chi connectivity index (χ4n) is 1.51. The number of carbonyl (C=O) groups excluding carboxylic acids is 1. The minimum atomic E-state index is -3.40. The Kier molecular flexibility index (Phi) is 3.96. The Balaban J connectivity index is 2.29. The van der Waals surface area contributed by atoms with Crippen LogP contribution in [0, 0.1) is 0 Å². The van der Waals surface area contributed by atoms with E-state index in [4.69, 9.17) is 0 Å². The highest BCUT2D eigenvalue weighted by atomic mass is 32.2. The van der Waals surface area contributed by atoms with E-state index in [-0.39, 0.29) is 28.9 Å². The van der Waals surface area contributed by atoms with Crippen molar-refractivity contribution < 1.29 is 18.0 Å². The minimum absolute atomic E-state index is 0.178. The number of Topliss-reactive ketones (excluding diaryl/α,β-unsaturated/α-hetero) is 1. The molecule has 1 heterocycles. The molecule has 1 aliphatic heterocycles. The van der Waals surface area contributed by atoms with Crippen LogP contribution in [0.5, 0.6) is 0 Å². The van der Waals surface area contributed by atoms with E-state index in [9.17, 15) is 18.0 Å². The van der Waals surface area contributed by atoms with E-state index in [0.29, 0.717) is 11.8 Å². The van der Waals surface area contributed by atoms with Crippen molar-refractivity contribution in [2.45, 2.75) is 16.6 Å². The zero-order valence-corrected chi connectivity index (χ0v) is 11.5. The van der Waals surface area contributed by atoms with Gasteiger partial charge in [-0.25, -0.2) is 4.99 Å². The number of benzene rings is 1. The highest BCUT2D eigenvalue weighted by molar-refractivity contribution is 8.19. The first-order valence-corrected chi connectivity index (χ1v) is 7.19. The number of hydrogen-bond donors (Lipinski definition) is 0. The topological polar surface area (TPSA) is 29.4 Å². The highest BCUT2D eigenvalue weighted by Gasteiger charge is 2.55. The summed E-state index contributed by atoms with van der Waals surface area (Å²) in [6.45, 7) is 1.27. The average Bonchev–Trinajstić information content (AvgIpc) is 2.59. The van der Waals surface area contributed by atoms with Crippen molar-refractivity contribution in [3.8, 4) is 0 Å². The van der Waals surface area contributed by atoms with E-state index in [2.05, 4.69) is 4.99 Å². The van der Waals surface area contributed by atoms with E-state index < -0.39 is 15.4 Å². The Morgan fingerprint density at radius 2 is 1.95 bits per heavy atom. The van der Waals surface area contributed by atoms with Crippen molar-refractivity contribution in [2.75, 3.05) is 5.75 Å². The van der Waals surface area contributed by atoms with Crippen LogP contribution in [0.15, 0.2) is 35.3 Å². The van der Waals surface area contributed by atoms with Gasteiger partial charge in [-0.15, -0.1) is 0 Å². The van der Waals surface area contributed by atoms with Crippen LogP contribution in [0.2, 0.25) is 0 Å². The summed E-state index contributed by atoms with van der Waals surface area (Å²) in [5.74, 6) is -0.472. The molecule has 0 fully saturated rings. The number of aliphatic imine (C=N–C) groups is 1. The Bertz CT molecular complexity index is 521. The van der Waals surface area contributed by atoms with Crippen molar-refractivity contribution >= 4 is 35.0 Å². The molecule has 1 aromatic carbocycles. The van der Waals surface area contributed by atoms with Crippen LogP contribution in [0.1, 0.15) is 12.5 Å². The third kappa shape index (κ3) is 3.33. The summed E-state index contributed by atoms with van der Waals surface area (Å²) >= 11 is 0.297. The number of thioether (sulfide) groups is 2. The lowest BCUT2D eigenvalue weighted by Crippen LogP contribution is -2.22. The second-order valence-electron chi connectivity index (χ2n) is 3.94. The molecule has 1 aromatic rings. The molecule has 0 bridgehead atoms. The molecule has 1 atom stereocenters. The summed E-state index contributed by atoms with van der Waals surface area (Å²) in [6, 6.07) is 7.75. The summed E-state index contributed by atoms with van der Waals surface area (Å²) < 4.78 is 39.3. The Morgan fingerprint density at radius 3 is 2.53 bits per heavy atom. The fraction of sp³-hybridized carbons (Fsp3) is 0.333. The van der Waals surface area contributed by atoms with Gasteiger partial charge >= 0.3 is 9.71 Å². The molecule has 0 saturated heterocycles. The maximum absolute atomic E-state index is 14.2. The van der Waals surface area contributed by atoms with Crippen LogP contribution in [0.25, 0.3) is 0 Å². The van der Waals surface area contributed by atoms with Gasteiger partial charge in [0.25, 0.3) is 0 Å². The van der Waals surface area contributed by atoms with E-state index in [1.165, 1.54) is 19.1 Å². The lowest BCUT2D eigenvalue weighted by atomic mass is 10.1. The molecule has 2 nitrogen and oxygen atoms in total. The highest BCUT2D eigenvalue weighted by Crippen LogP contribution is 2.55. The molecule has 0 spiro atoms. The molecule has 0 aromatic heterocycles. The molecule has 0 radical (unpaired) electrons. The van der Waals surface area contributed by atoms with Gasteiger partial charge in [0.1, 0.15) is 11.5 Å². The van der Waals surface area contributed by atoms with Gasteiger partial charge in [0.05, 0.1) is 5.75 Å². The van der Waals surface area contributed by atoms with Gasteiger partial charge in [-0.05, 0) is 18.7 Å². The number of carbonyl (C=O) groups is 1. The maximum Gasteiger partial charge on any atom is 0.341 e. The van der Waals surface area contributed by atoms with Crippen LogP contribution in [-0.2, 0) is 4.79 Å². The number of ketones is 1. The number of halogens is 3. The summed E-state index contributed by atoms with van der Waals surface area (Å²) in [5.41, 5.74) is -0.403. The zero-order chi connectivity index (χ0) is 14.1. The van der Waals surface area contributed by atoms with E-state index in [0.717, 1.165) is 0 Å². The summed E-state index contributed by atoms with van der Waals surface area (Å²) in [6.07, 6.45) is 0. The molecule has 0 aliphatic carbocycles. The molecule has 19 heavy (non-hydrogen) atoms. The van der Waals surface area contributed by atoms with Crippen molar-refractivity contribution in [1.82, 2.24) is 0 Å². The maximum atomic E-state index is 14.2. The molecule has 1 unspecified atom stereocenters. The number of hydrogen-bond acceptors (Lipinski definition) is 4. The Morgan fingerprint density at radius 1 is 1.32 bits per heavy atom. The second-order valence-corrected chi connectivity index (χ2v) is 6.58. The number of alkyl halides is 3. The van der Waals surface area contributed by atoms with Crippen LogP contribution in [-0.4, -0.2) is 27.0 Å². The second kappa shape index (κ2) is 5.20. The predicted octanol–water partition coefficient (Wildman–Crippen LogP) is 3.72. The lowest BCUT2D eigenvalue weighted by molar-refractivity contribution is -0.114. The smallest absolute Gasteiger partial charge is 0.299 e. The van der Waals surface area contributed by atoms with Gasteiger partial charge < -0.3 is 0 Å². The van der Waals surface area contributed by atoms with Gasteiger partial charge in [0, 0.05) is 5.56 Å². The van der Waals surface area contributed by atoms with Gasteiger partial charge in [0.2, 0.25) is 0 Å². The van der Waals surface area contributed by atoms with Gasteiger partial charge in [-0.1, -0.05) is 42.1 Å². The average molecular weight is 305 g/mol. The van der Waals surface area contributed by atoms with Crippen LogP contribution < -0.4 is 0 Å². The van der Waals surface area contributed by atoms with E-state index in [1.807, 2.05) is 0 Å². The standard InChI is InChI=1S/C12H10F3NOS2/c1-8(17)7-18-12(15)16-10(11(13,14)19-12)9-5-3-2-4-6-9/h2-6H,7H2,1H3. The van der Waals surface area contributed by atoms with Crippen molar-refractivity contribution in [3.63, 3.8) is 0 Å². The Labute approximate surface area is 116 Å². The molecule has 1 aliphatic rings. The summed E-state index contributed by atoms with van der Waals surface area (Å²) in [5, 5.41) is -3.40. The predicted molar refractivity (Wildman–Crippen MR) is 72.5 cm³/mol. The SMILES string of the molecule is CC(=O)CSC1(F)N=C(c2ccccc2)C(F)(F)S1. The molecule has 2 rings (SSSR count). The minimum Gasteiger partial charge on any atom is -0.299 e. The summed E-state index contributed by atoms with van der Waals surface area (Å²) in [7, 11) is 0. The molecule has 7 heteroatoms. The monoisotopic (exact) mass is 305 g/mol. The molecule has 0 amide bonds. The van der Waals surface area contributed by atoms with Crippen LogP contribution >= 0.6 is 23.5 Å². The van der Waals surface area contributed by atoms with E-state index in [1.54, 1.807) is 18.2 Å². The first-order chi connectivity index (χ1) is 8.82. The quantitative estimate of drug-likeness (QED) is 0.794. The van der Waals surface area contributed by atoms with Gasteiger partial charge in [-0.2, -0.15) is 13.2 Å². The normalized spacial score (nSPS) is 25.2. The lowest BCUT2D eigenvalue weighted by Gasteiger charge is -2.15. The zero-order valence-electron chi connectivity index (χ0n) is 9.90. The molecular weight excluding hydrogens is 295 g/mol. The van der Waals surface area contributed by atoms with Crippen molar-refractivity contribution in [3.05, 3.63) is 35.9 Å². The third-order valence-electron chi connectivity index (χ3n) is 2.28. The van der Waals surface area contributed by atoms with Crippen molar-refractivity contribution in [2.24, 2.45) is 4.99 Å². The van der Waals surface area contributed by atoms with Gasteiger partial charge in [0.15, 0.2) is 0 Å². The molecule has 0 saturated carbocycles. The summed E-state index contributed by atoms with van der Waals surface area (Å²) in [4.78, 5) is 14.3. The van der Waals surface area contributed by atoms with Crippen molar-refractivity contribution in [1.29, 1.82) is 0 Å². The van der Waals surface area contributed by atoms with Gasteiger partial charge in [-0.3, -0.25) is 4.79 Å². The fourth-order valence-corrected chi connectivity index (χ4v) is 3.49. The Hall–Kier alpha value is -0.950. The first kappa shape index (κ1) is 14.5. The largest absolute Gasteiger partial charge is 0.341 e. The molecule has 0 N–H and O–H groups in total. The van der Waals surface area contributed by atoms with Crippen LogP contribution in [0.4, 0.5) is 13.2 Å². The van der Waals surface area contributed by atoms with E-state index >= 15 is 0 Å². The first-order valence-electron chi connectivity index (χ1n) is 5.38. The van der Waals surface area contributed by atoms with Crippen LogP contribution in [0.3, 0.4) is 0 Å². The molecule has 102 valence electrons.